The van der Waals surface area contributed by atoms with E-state index in [2.05, 4.69) is 10.3 Å². The highest BCUT2D eigenvalue weighted by Crippen LogP contribution is 2.30. The Morgan fingerprint density at radius 2 is 2.12 bits per heavy atom. The van der Waals surface area contributed by atoms with Crippen molar-refractivity contribution in [1.29, 1.82) is 0 Å². The second kappa shape index (κ2) is 6.84. The first-order valence-corrected chi connectivity index (χ1v) is 8.00. The quantitative estimate of drug-likeness (QED) is 0.759. The monoisotopic (exact) mass is 346 g/mol. The largest absolute Gasteiger partial charge is 0.494 e. The van der Waals surface area contributed by atoms with E-state index in [0.717, 1.165) is 9.71 Å². The van der Waals surface area contributed by atoms with Crippen molar-refractivity contribution < 1.29 is 18.7 Å². The highest BCUT2D eigenvalue weighted by atomic mass is 32.1. The molecule has 0 saturated heterocycles. The number of aromatic nitrogens is 1. The maximum absolute atomic E-state index is 13.2. The molecule has 0 atom stereocenters. The number of hydrogen-bond acceptors (Lipinski definition) is 5. The number of thiazole rings is 1. The molecule has 0 spiro atoms. The van der Waals surface area contributed by atoms with Gasteiger partial charge in [-0.1, -0.05) is 0 Å². The maximum Gasteiger partial charge on any atom is 0.221 e. The second-order valence-electron chi connectivity index (χ2n) is 5.05. The zero-order valence-corrected chi connectivity index (χ0v) is 13.9. The van der Waals surface area contributed by atoms with Gasteiger partial charge in [-0.2, -0.15) is 0 Å². The van der Waals surface area contributed by atoms with Gasteiger partial charge in [0.2, 0.25) is 5.91 Å². The van der Waals surface area contributed by atoms with Crippen molar-refractivity contribution in [3.05, 3.63) is 47.2 Å². The van der Waals surface area contributed by atoms with Crippen LogP contribution in [0.5, 0.6) is 11.5 Å². The van der Waals surface area contributed by atoms with Crippen LogP contribution >= 0.6 is 11.3 Å². The number of anilines is 1. The van der Waals surface area contributed by atoms with Crippen LogP contribution in [0.25, 0.3) is 10.2 Å². The van der Waals surface area contributed by atoms with Crippen LogP contribution in [0.2, 0.25) is 0 Å². The molecule has 124 valence electrons. The fourth-order valence-corrected chi connectivity index (χ4v) is 3.07. The lowest BCUT2D eigenvalue weighted by Gasteiger charge is -2.11. The van der Waals surface area contributed by atoms with E-state index >= 15 is 0 Å². The van der Waals surface area contributed by atoms with E-state index in [0.29, 0.717) is 22.7 Å². The first-order valence-electron chi connectivity index (χ1n) is 7.18. The lowest BCUT2D eigenvalue weighted by atomic mass is 10.2. The molecular weight excluding hydrogens is 331 g/mol. The van der Waals surface area contributed by atoms with Crippen LogP contribution < -0.4 is 14.8 Å². The van der Waals surface area contributed by atoms with E-state index in [9.17, 15) is 9.18 Å². The smallest absolute Gasteiger partial charge is 0.221 e. The Kier molecular flexibility index (Phi) is 4.61. The van der Waals surface area contributed by atoms with Crippen molar-refractivity contribution in [3.63, 3.8) is 0 Å². The molecule has 0 radical (unpaired) electrons. The number of rotatable bonds is 5. The lowest BCUT2D eigenvalue weighted by molar-refractivity contribution is -0.114. The van der Waals surface area contributed by atoms with E-state index in [-0.39, 0.29) is 18.3 Å². The molecule has 7 heteroatoms. The molecule has 3 rings (SSSR count). The van der Waals surface area contributed by atoms with Gasteiger partial charge in [0.1, 0.15) is 28.9 Å². The number of ether oxygens (including phenoxy) is 2. The Hall–Kier alpha value is -2.67. The topological polar surface area (TPSA) is 60.5 Å². The summed E-state index contributed by atoms with van der Waals surface area (Å²) in [6.45, 7) is 1.70. The molecule has 1 aromatic heterocycles. The predicted octanol–water partition coefficient (Wildman–Crippen LogP) is 3.98. The molecule has 0 aliphatic rings. The number of carbonyl (C=O) groups excluding carboxylic acids is 1. The summed E-state index contributed by atoms with van der Waals surface area (Å²) in [6, 6.07) is 9.66. The lowest BCUT2D eigenvalue weighted by Crippen LogP contribution is -2.07. The predicted molar refractivity (Wildman–Crippen MR) is 91.2 cm³/mol. The van der Waals surface area contributed by atoms with Gasteiger partial charge in [0, 0.05) is 19.1 Å². The average Bonchev–Trinajstić information content (AvgIpc) is 2.95. The summed E-state index contributed by atoms with van der Waals surface area (Å²) in [4.78, 5) is 15.5. The van der Waals surface area contributed by atoms with Crippen LogP contribution in [0.4, 0.5) is 10.1 Å². The van der Waals surface area contributed by atoms with Gasteiger partial charge in [0.05, 0.1) is 23.0 Å². The molecule has 0 aliphatic heterocycles. The van der Waals surface area contributed by atoms with E-state index < -0.39 is 0 Å². The van der Waals surface area contributed by atoms with Crippen molar-refractivity contribution in [3.8, 4) is 11.5 Å². The number of halogens is 1. The van der Waals surface area contributed by atoms with E-state index in [1.54, 1.807) is 24.3 Å². The summed E-state index contributed by atoms with van der Waals surface area (Å²) < 4.78 is 25.1. The minimum atomic E-state index is -0.307. The van der Waals surface area contributed by atoms with Crippen molar-refractivity contribution in [2.75, 3.05) is 12.4 Å². The molecule has 0 fully saturated rings. The molecule has 1 heterocycles. The molecular formula is C17H15FN2O3S. The van der Waals surface area contributed by atoms with Crippen LogP contribution in [-0.2, 0) is 11.4 Å². The molecule has 0 bridgehead atoms. The molecule has 2 aromatic carbocycles. The van der Waals surface area contributed by atoms with Gasteiger partial charge >= 0.3 is 0 Å². The molecule has 5 nitrogen and oxygen atoms in total. The zero-order chi connectivity index (χ0) is 17.1. The fraction of sp³-hybridized carbons (Fsp3) is 0.176. The normalized spacial score (nSPS) is 10.6. The van der Waals surface area contributed by atoms with Gasteiger partial charge in [-0.05, 0) is 24.3 Å². The average molecular weight is 346 g/mol. The van der Waals surface area contributed by atoms with Crippen molar-refractivity contribution in [2.24, 2.45) is 0 Å². The SMILES string of the molecule is COc1cc(OCc2nc3cc(F)ccc3s2)ccc1NC(C)=O. The van der Waals surface area contributed by atoms with Crippen molar-refractivity contribution in [1.82, 2.24) is 4.98 Å². The van der Waals surface area contributed by atoms with E-state index in [1.165, 1.54) is 37.5 Å². The number of benzene rings is 2. The van der Waals surface area contributed by atoms with Gasteiger partial charge in [-0.25, -0.2) is 9.37 Å². The number of hydrogen-bond donors (Lipinski definition) is 1. The minimum Gasteiger partial charge on any atom is -0.494 e. The second-order valence-corrected chi connectivity index (χ2v) is 6.17. The van der Waals surface area contributed by atoms with Gasteiger partial charge in [0.25, 0.3) is 0 Å². The standard InChI is InChI=1S/C17H15FN2O3S/c1-10(21)19-13-5-4-12(8-15(13)22-2)23-9-17-20-14-7-11(18)3-6-16(14)24-17/h3-8H,9H2,1-2H3,(H,19,21). The third kappa shape index (κ3) is 3.62. The maximum atomic E-state index is 13.2. The molecule has 1 N–H and O–H groups in total. The minimum absolute atomic E-state index is 0.177. The molecule has 3 aromatic rings. The van der Waals surface area contributed by atoms with E-state index in [4.69, 9.17) is 9.47 Å². The van der Waals surface area contributed by atoms with Gasteiger partial charge in [-0.15, -0.1) is 11.3 Å². The Morgan fingerprint density at radius 1 is 1.29 bits per heavy atom. The van der Waals surface area contributed by atoms with Crippen LogP contribution in [0.3, 0.4) is 0 Å². The zero-order valence-electron chi connectivity index (χ0n) is 13.1. The Morgan fingerprint density at radius 3 is 2.88 bits per heavy atom. The number of nitrogens with zero attached hydrogens (tertiary/aromatic N) is 1. The molecule has 0 unspecified atom stereocenters. The first-order chi connectivity index (χ1) is 11.5. The number of fused-ring (bicyclic) bond motifs is 1. The Labute approximate surface area is 142 Å². The third-order valence-electron chi connectivity index (χ3n) is 3.24. The molecule has 1 amide bonds. The third-order valence-corrected chi connectivity index (χ3v) is 4.25. The van der Waals surface area contributed by atoms with Crippen LogP contribution in [0.1, 0.15) is 11.9 Å². The Balaban J connectivity index is 1.74. The van der Waals surface area contributed by atoms with Gasteiger partial charge in [-0.3, -0.25) is 4.79 Å². The Bertz CT molecular complexity index is 895. The van der Waals surface area contributed by atoms with Crippen LogP contribution in [-0.4, -0.2) is 18.0 Å². The summed E-state index contributed by atoms with van der Waals surface area (Å²) in [5.41, 5.74) is 1.20. The molecule has 0 saturated carbocycles. The van der Waals surface area contributed by atoms with E-state index in [1.807, 2.05) is 0 Å². The summed E-state index contributed by atoms with van der Waals surface area (Å²) in [6.07, 6.45) is 0. The first kappa shape index (κ1) is 16.2. The molecule has 24 heavy (non-hydrogen) atoms. The highest BCUT2D eigenvalue weighted by Gasteiger charge is 2.09. The van der Waals surface area contributed by atoms with Gasteiger partial charge < -0.3 is 14.8 Å². The summed E-state index contributed by atoms with van der Waals surface area (Å²) in [5.74, 6) is 0.614. The number of methoxy groups -OCH3 is 1. The van der Waals surface area contributed by atoms with Crippen molar-refractivity contribution in [2.45, 2.75) is 13.5 Å². The molecule has 0 aliphatic carbocycles. The summed E-state index contributed by atoms with van der Waals surface area (Å²) >= 11 is 1.46. The highest BCUT2D eigenvalue weighted by molar-refractivity contribution is 7.18. The fourth-order valence-electron chi connectivity index (χ4n) is 2.21. The van der Waals surface area contributed by atoms with Crippen LogP contribution in [0, 0.1) is 5.82 Å². The summed E-state index contributed by atoms with van der Waals surface area (Å²) in [5, 5.41) is 3.43. The van der Waals surface area contributed by atoms with Crippen molar-refractivity contribution >= 4 is 33.1 Å². The summed E-state index contributed by atoms with van der Waals surface area (Å²) in [7, 11) is 1.52. The number of nitrogens with one attached hydrogen (secondary N) is 1. The van der Waals surface area contributed by atoms with Gasteiger partial charge in [0.15, 0.2) is 0 Å². The number of carbonyl (C=O) groups is 1. The number of amides is 1. The van der Waals surface area contributed by atoms with Crippen LogP contribution in [0.15, 0.2) is 36.4 Å².